The maximum absolute atomic E-state index is 13.0. The number of sulfonamides is 1. The van der Waals surface area contributed by atoms with E-state index in [-0.39, 0.29) is 17.3 Å². The Morgan fingerprint density at radius 2 is 1.69 bits per heavy atom. The van der Waals surface area contributed by atoms with Crippen LogP contribution in [0.25, 0.3) is 0 Å². The van der Waals surface area contributed by atoms with Crippen molar-refractivity contribution in [3.8, 4) is 11.5 Å². The molecule has 7 nitrogen and oxygen atoms in total. The number of amides is 1. The Morgan fingerprint density at radius 1 is 1.07 bits per heavy atom. The minimum Gasteiger partial charge on any atom is -0.497 e. The van der Waals surface area contributed by atoms with Crippen molar-refractivity contribution < 1.29 is 22.7 Å². The molecule has 29 heavy (non-hydrogen) atoms. The number of benzene rings is 2. The highest BCUT2D eigenvalue weighted by atomic mass is 32.2. The second-order valence-corrected chi connectivity index (χ2v) is 9.04. The van der Waals surface area contributed by atoms with Gasteiger partial charge in [-0.3, -0.25) is 4.79 Å². The molecule has 0 aliphatic carbocycles. The Hall–Kier alpha value is -2.58. The number of carbonyl (C=O) groups is 1. The van der Waals surface area contributed by atoms with Crippen LogP contribution in [0.2, 0.25) is 0 Å². The Kier molecular flexibility index (Phi) is 6.44. The van der Waals surface area contributed by atoms with Crippen LogP contribution in [0.4, 0.5) is 5.69 Å². The third-order valence-electron chi connectivity index (χ3n) is 5.03. The number of ether oxygens (including phenoxy) is 2. The second-order valence-electron chi connectivity index (χ2n) is 7.11. The smallest absolute Gasteiger partial charge is 0.243 e. The number of anilines is 1. The molecule has 0 bridgehead atoms. The van der Waals surface area contributed by atoms with Gasteiger partial charge in [0.25, 0.3) is 0 Å². The van der Waals surface area contributed by atoms with Crippen LogP contribution in [-0.2, 0) is 14.8 Å². The number of rotatable bonds is 6. The van der Waals surface area contributed by atoms with Gasteiger partial charge in [-0.25, -0.2) is 8.42 Å². The lowest BCUT2D eigenvalue weighted by atomic mass is 9.98. The molecule has 0 aromatic heterocycles. The van der Waals surface area contributed by atoms with Crippen molar-refractivity contribution in [2.24, 2.45) is 5.92 Å². The highest BCUT2D eigenvalue weighted by Gasteiger charge is 2.33. The Bertz CT molecular complexity index is 951. The largest absolute Gasteiger partial charge is 0.497 e. The number of hydrogen-bond donors (Lipinski definition) is 1. The number of methoxy groups -OCH3 is 2. The standard InChI is InChI=1S/C21H26N2O5S/c1-15-6-8-20(9-7-15)29(25,26)23-10-4-5-16(14-23)21(24)22-17-11-18(27-2)13-19(12-17)28-3/h6-9,11-13,16H,4-5,10,14H2,1-3H3,(H,22,24)/t16-/m1/s1. The molecule has 2 aromatic carbocycles. The molecule has 2 aromatic rings. The molecule has 156 valence electrons. The number of piperidine rings is 1. The normalized spacial score (nSPS) is 17.6. The van der Waals surface area contributed by atoms with Crippen LogP contribution in [-0.4, -0.2) is 45.9 Å². The summed E-state index contributed by atoms with van der Waals surface area (Å²) in [6, 6.07) is 11.9. The molecule has 1 heterocycles. The van der Waals surface area contributed by atoms with Crippen LogP contribution in [0, 0.1) is 12.8 Å². The summed E-state index contributed by atoms with van der Waals surface area (Å²) in [5, 5.41) is 2.86. The fourth-order valence-corrected chi connectivity index (χ4v) is 4.88. The summed E-state index contributed by atoms with van der Waals surface area (Å²) < 4.78 is 37.8. The summed E-state index contributed by atoms with van der Waals surface area (Å²) >= 11 is 0. The van der Waals surface area contributed by atoms with E-state index in [1.165, 1.54) is 18.5 Å². The van der Waals surface area contributed by atoms with E-state index in [0.717, 1.165) is 5.56 Å². The fraction of sp³-hybridized carbons (Fsp3) is 0.381. The minimum absolute atomic E-state index is 0.156. The van der Waals surface area contributed by atoms with Crippen LogP contribution < -0.4 is 14.8 Å². The minimum atomic E-state index is -3.63. The summed E-state index contributed by atoms with van der Waals surface area (Å²) in [5.74, 6) is 0.476. The van der Waals surface area contributed by atoms with Gasteiger partial charge >= 0.3 is 0 Å². The molecule has 0 radical (unpaired) electrons. The van der Waals surface area contributed by atoms with Crippen LogP contribution in [0.3, 0.4) is 0 Å². The monoisotopic (exact) mass is 418 g/mol. The number of nitrogens with one attached hydrogen (secondary N) is 1. The number of aryl methyl sites for hydroxylation is 1. The lowest BCUT2D eigenvalue weighted by Crippen LogP contribution is -2.43. The number of carbonyl (C=O) groups excluding carboxylic acids is 1. The van der Waals surface area contributed by atoms with Crippen molar-refractivity contribution >= 4 is 21.6 Å². The van der Waals surface area contributed by atoms with Gasteiger partial charge in [0.1, 0.15) is 11.5 Å². The van der Waals surface area contributed by atoms with Crippen molar-refractivity contribution in [1.82, 2.24) is 4.31 Å². The molecular weight excluding hydrogens is 392 g/mol. The Balaban J connectivity index is 1.73. The predicted molar refractivity (Wildman–Crippen MR) is 111 cm³/mol. The van der Waals surface area contributed by atoms with Crippen LogP contribution in [0.15, 0.2) is 47.4 Å². The summed E-state index contributed by atoms with van der Waals surface area (Å²) in [5.41, 5.74) is 1.54. The SMILES string of the molecule is COc1cc(NC(=O)[C@@H]2CCCN(S(=O)(=O)c3ccc(C)cc3)C2)cc(OC)c1. The van der Waals surface area contributed by atoms with Crippen LogP contribution >= 0.6 is 0 Å². The van der Waals surface area contributed by atoms with Gasteiger partial charge in [-0.2, -0.15) is 4.31 Å². The van der Waals surface area contributed by atoms with Gasteiger partial charge in [-0.1, -0.05) is 17.7 Å². The van der Waals surface area contributed by atoms with Crippen molar-refractivity contribution in [3.05, 3.63) is 48.0 Å². The zero-order valence-corrected chi connectivity index (χ0v) is 17.7. The zero-order chi connectivity index (χ0) is 21.0. The third-order valence-corrected chi connectivity index (χ3v) is 6.91. The second kappa shape index (κ2) is 8.84. The van der Waals surface area contributed by atoms with E-state index in [1.54, 1.807) is 42.5 Å². The van der Waals surface area contributed by atoms with E-state index < -0.39 is 15.9 Å². The maximum atomic E-state index is 13.0. The first kappa shape index (κ1) is 21.1. The topological polar surface area (TPSA) is 84.9 Å². The average molecular weight is 419 g/mol. The predicted octanol–water partition coefficient (Wildman–Crippen LogP) is 3.05. The summed E-state index contributed by atoms with van der Waals surface area (Å²) in [6.07, 6.45) is 1.26. The van der Waals surface area contributed by atoms with Gasteiger partial charge in [0.05, 0.1) is 25.0 Å². The van der Waals surface area contributed by atoms with E-state index in [0.29, 0.717) is 36.6 Å². The first-order valence-corrected chi connectivity index (χ1v) is 10.9. The van der Waals surface area contributed by atoms with Gasteiger partial charge in [-0.05, 0) is 31.9 Å². The molecule has 1 amide bonds. The molecule has 1 fully saturated rings. The van der Waals surface area contributed by atoms with E-state index in [4.69, 9.17) is 9.47 Å². The molecular formula is C21H26N2O5S. The maximum Gasteiger partial charge on any atom is 0.243 e. The highest BCUT2D eigenvalue weighted by molar-refractivity contribution is 7.89. The zero-order valence-electron chi connectivity index (χ0n) is 16.8. The molecule has 3 rings (SSSR count). The quantitative estimate of drug-likeness (QED) is 0.779. The highest BCUT2D eigenvalue weighted by Crippen LogP contribution is 2.28. The summed E-state index contributed by atoms with van der Waals surface area (Å²) in [4.78, 5) is 13.1. The molecule has 1 aliphatic heterocycles. The van der Waals surface area contributed by atoms with E-state index in [1.807, 2.05) is 6.92 Å². The van der Waals surface area contributed by atoms with Gasteiger partial charge in [0.15, 0.2) is 0 Å². The first-order chi connectivity index (χ1) is 13.8. The lowest BCUT2D eigenvalue weighted by molar-refractivity contribution is -0.120. The average Bonchev–Trinajstić information content (AvgIpc) is 2.73. The number of hydrogen-bond acceptors (Lipinski definition) is 5. The molecule has 0 unspecified atom stereocenters. The Morgan fingerprint density at radius 3 is 2.28 bits per heavy atom. The molecule has 1 N–H and O–H groups in total. The van der Waals surface area contributed by atoms with Gasteiger partial charge < -0.3 is 14.8 Å². The molecule has 8 heteroatoms. The van der Waals surface area contributed by atoms with Gasteiger partial charge in [0, 0.05) is 37.0 Å². The fourth-order valence-electron chi connectivity index (χ4n) is 3.36. The summed E-state index contributed by atoms with van der Waals surface area (Å²) in [6.45, 7) is 2.47. The van der Waals surface area contributed by atoms with Gasteiger partial charge in [0.2, 0.25) is 15.9 Å². The molecule has 1 atom stereocenters. The molecule has 0 spiro atoms. The van der Waals surface area contributed by atoms with Gasteiger partial charge in [-0.15, -0.1) is 0 Å². The molecule has 1 aliphatic rings. The summed E-state index contributed by atoms with van der Waals surface area (Å²) in [7, 11) is -0.552. The van der Waals surface area contributed by atoms with E-state index >= 15 is 0 Å². The van der Waals surface area contributed by atoms with E-state index in [9.17, 15) is 13.2 Å². The van der Waals surface area contributed by atoms with Crippen molar-refractivity contribution in [1.29, 1.82) is 0 Å². The first-order valence-electron chi connectivity index (χ1n) is 9.44. The third kappa shape index (κ3) is 4.89. The van der Waals surface area contributed by atoms with Crippen LogP contribution in [0.5, 0.6) is 11.5 Å². The number of nitrogens with zero attached hydrogens (tertiary/aromatic N) is 1. The lowest BCUT2D eigenvalue weighted by Gasteiger charge is -2.31. The Labute approximate surface area is 171 Å². The molecule has 0 saturated carbocycles. The van der Waals surface area contributed by atoms with Crippen LogP contribution in [0.1, 0.15) is 18.4 Å². The van der Waals surface area contributed by atoms with Crippen molar-refractivity contribution in [2.45, 2.75) is 24.7 Å². The van der Waals surface area contributed by atoms with Crippen molar-refractivity contribution in [2.75, 3.05) is 32.6 Å². The molecule has 1 saturated heterocycles. The van der Waals surface area contributed by atoms with E-state index in [2.05, 4.69) is 5.32 Å². The van der Waals surface area contributed by atoms with Crippen molar-refractivity contribution in [3.63, 3.8) is 0 Å².